The summed E-state index contributed by atoms with van der Waals surface area (Å²) in [5.41, 5.74) is 2.08. The van der Waals surface area contributed by atoms with Gasteiger partial charge in [0.15, 0.2) is 5.60 Å². The fraction of sp³-hybridized carbons (Fsp3) is 0.469. The summed E-state index contributed by atoms with van der Waals surface area (Å²) in [4.78, 5) is 62.2. The topological polar surface area (TPSA) is 176 Å². The van der Waals surface area contributed by atoms with Gasteiger partial charge in [-0.3, -0.25) is 24.1 Å². The number of aliphatic carboxylic acids is 3. The van der Waals surface area contributed by atoms with E-state index < -0.39 is 42.4 Å². The summed E-state index contributed by atoms with van der Waals surface area (Å²) >= 11 is 0. The molecule has 2 amide bonds. The van der Waals surface area contributed by atoms with E-state index in [9.17, 15) is 24.0 Å². The van der Waals surface area contributed by atoms with Gasteiger partial charge in [-0.25, -0.2) is 4.79 Å². The lowest BCUT2D eigenvalue weighted by Gasteiger charge is -2.33. The number of piperidine rings is 1. The number of carboxylic acid groups (broad SMARTS) is 3. The summed E-state index contributed by atoms with van der Waals surface area (Å²) in [5, 5.41) is 33.8. The molecule has 44 heavy (non-hydrogen) atoms. The van der Waals surface area contributed by atoms with Crippen molar-refractivity contribution in [2.45, 2.75) is 63.0 Å². The van der Waals surface area contributed by atoms with E-state index in [0.29, 0.717) is 18.8 Å². The van der Waals surface area contributed by atoms with Crippen LogP contribution in [0.3, 0.4) is 0 Å². The van der Waals surface area contributed by atoms with Crippen LogP contribution in [0, 0.1) is 6.92 Å². The van der Waals surface area contributed by atoms with Crippen LogP contribution < -0.4 is 4.90 Å². The Kier molecular flexibility index (Phi) is 11.6. The van der Waals surface area contributed by atoms with Gasteiger partial charge in [-0.1, -0.05) is 42.5 Å². The molecule has 2 heterocycles. The summed E-state index contributed by atoms with van der Waals surface area (Å²) in [6, 6.07) is 16.2. The molecular weight excluding hydrogens is 570 g/mol. The number of likely N-dealkylation sites (N-methyl/N-ethyl adjacent to an activating group) is 1. The maximum Gasteiger partial charge on any atom is 0.336 e. The van der Waals surface area contributed by atoms with Crippen molar-refractivity contribution in [3.63, 3.8) is 0 Å². The number of nitrogens with zero attached hydrogens (tertiary/aromatic N) is 3. The first-order valence-electron chi connectivity index (χ1n) is 14.5. The number of aryl methyl sites for hydroxylation is 1. The highest BCUT2D eigenvalue weighted by Gasteiger charge is 2.41. The minimum Gasteiger partial charge on any atom is -0.481 e. The van der Waals surface area contributed by atoms with Crippen LogP contribution in [0.2, 0.25) is 0 Å². The molecule has 2 aliphatic rings. The van der Waals surface area contributed by atoms with E-state index in [1.807, 2.05) is 24.3 Å². The fourth-order valence-corrected chi connectivity index (χ4v) is 5.79. The van der Waals surface area contributed by atoms with Crippen molar-refractivity contribution < 1.29 is 44.4 Å². The Morgan fingerprint density at radius 1 is 0.886 bits per heavy atom. The average molecular weight is 612 g/mol. The number of fused-ring (bicyclic) bond motifs is 1. The minimum atomic E-state index is -2.74. The molecule has 0 saturated carbocycles. The molecule has 2 aromatic carbocycles. The molecule has 1 atom stereocenters. The number of hydrogen-bond acceptors (Lipinski definition) is 7. The van der Waals surface area contributed by atoms with E-state index in [4.69, 9.17) is 20.4 Å². The number of aliphatic hydroxyl groups is 1. The predicted octanol–water partition coefficient (Wildman–Crippen LogP) is 2.36. The smallest absolute Gasteiger partial charge is 0.336 e. The molecule has 2 aliphatic heterocycles. The number of hydrogen-bond donors (Lipinski definition) is 4. The van der Waals surface area contributed by atoms with Crippen LogP contribution in [-0.2, 0) is 30.4 Å². The van der Waals surface area contributed by atoms with E-state index in [1.165, 1.54) is 11.1 Å². The summed E-state index contributed by atoms with van der Waals surface area (Å²) in [6.07, 6.45) is 1.02. The molecule has 1 unspecified atom stereocenters. The van der Waals surface area contributed by atoms with Crippen LogP contribution in [0.4, 0.5) is 5.69 Å². The molecule has 2 aromatic rings. The van der Waals surface area contributed by atoms with Crippen molar-refractivity contribution >= 4 is 35.4 Å². The monoisotopic (exact) mass is 611 g/mol. The van der Waals surface area contributed by atoms with Crippen molar-refractivity contribution in [1.82, 2.24) is 9.80 Å². The van der Waals surface area contributed by atoms with Crippen LogP contribution in [0.1, 0.15) is 54.7 Å². The zero-order chi connectivity index (χ0) is 32.6. The Balaban J connectivity index is 0.000000345. The molecule has 4 rings (SSSR count). The third-order valence-electron chi connectivity index (χ3n) is 8.11. The molecule has 12 nitrogen and oxygen atoms in total. The SMILES string of the molecule is Cc1ccccc1C1CCN(CCC(=O)N2c3ccccc3CC2C(=O)N(C)C)CC1.O=C(O)CC(O)(CC(=O)O)C(=O)O. The highest BCUT2D eigenvalue weighted by Crippen LogP contribution is 2.34. The van der Waals surface area contributed by atoms with E-state index in [-0.39, 0.29) is 11.8 Å². The number of para-hydroxylation sites is 1. The van der Waals surface area contributed by atoms with Gasteiger partial charge in [0.05, 0.1) is 12.8 Å². The lowest BCUT2D eigenvalue weighted by Crippen LogP contribution is -2.48. The predicted molar refractivity (Wildman–Crippen MR) is 161 cm³/mol. The van der Waals surface area contributed by atoms with Gasteiger partial charge < -0.3 is 30.2 Å². The van der Waals surface area contributed by atoms with Gasteiger partial charge in [-0.2, -0.15) is 0 Å². The summed E-state index contributed by atoms with van der Waals surface area (Å²) in [5.74, 6) is -4.37. The molecule has 1 saturated heterocycles. The Morgan fingerprint density at radius 3 is 2.00 bits per heavy atom. The third kappa shape index (κ3) is 8.64. The molecule has 0 aromatic heterocycles. The average Bonchev–Trinajstić information content (AvgIpc) is 3.35. The molecule has 12 heteroatoms. The standard InChI is InChI=1S/C26H33N3O2.C6H8O7/c1-19-8-4-6-10-22(19)20-12-15-28(16-13-20)17-14-25(30)29-23-11-7-5-9-21(23)18-24(29)26(31)27(2)3;7-3(8)1-6(13,5(11)12)2-4(9)10/h4-11,20,24H,12-18H2,1-3H3;13H,1-2H2,(H,7,8)(H,9,10)(H,11,12). The molecule has 1 fully saturated rings. The van der Waals surface area contributed by atoms with Gasteiger partial charge in [0.2, 0.25) is 11.8 Å². The second-order valence-corrected chi connectivity index (χ2v) is 11.5. The minimum absolute atomic E-state index is 0.0106. The first kappa shape index (κ1) is 34.2. The van der Waals surface area contributed by atoms with Crippen LogP contribution >= 0.6 is 0 Å². The Morgan fingerprint density at radius 2 is 1.45 bits per heavy atom. The number of rotatable bonds is 10. The number of likely N-dealkylation sites (tertiary alicyclic amines) is 1. The van der Waals surface area contributed by atoms with E-state index in [0.717, 1.165) is 43.7 Å². The van der Waals surface area contributed by atoms with Crippen molar-refractivity contribution in [2.24, 2.45) is 0 Å². The maximum atomic E-state index is 13.2. The Bertz CT molecular complexity index is 1350. The first-order chi connectivity index (χ1) is 20.7. The lowest BCUT2D eigenvalue weighted by molar-refractivity contribution is -0.170. The zero-order valence-corrected chi connectivity index (χ0v) is 25.3. The van der Waals surface area contributed by atoms with Crippen LogP contribution in [0.15, 0.2) is 48.5 Å². The lowest BCUT2D eigenvalue weighted by atomic mass is 9.87. The number of benzene rings is 2. The first-order valence-corrected chi connectivity index (χ1v) is 14.5. The fourth-order valence-electron chi connectivity index (χ4n) is 5.79. The largest absolute Gasteiger partial charge is 0.481 e. The van der Waals surface area contributed by atoms with Crippen molar-refractivity contribution in [3.8, 4) is 0 Å². The summed E-state index contributed by atoms with van der Waals surface area (Å²) in [6.45, 7) is 4.98. The third-order valence-corrected chi connectivity index (χ3v) is 8.11. The number of carboxylic acids is 3. The summed E-state index contributed by atoms with van der Waals surface area (Å²) in [7, 11) is 3.51. The van der Waals surface area contributed by atoms with E-state index >= 15 is 0 Å². The van der Waals surface area contributed by atoms with Crippen LogP contribution in [0.5, 0.6) is 0 Å². The highest BCUT2D eigenvalue weighted by molar-refractivity contribution is 6.03. The van der Waals surface area contributed by atoms with Gasteiger partial charge >= 0.3 is 17.9 Å². The zero-order valence-electron chi connectivity index (χ0n) is 25.3. The Hall–Kier alpha value is -4.29. The Labute approximate surface area is 256 Å². The maximum absolute atomic E-state index is 13.2. The van der Waals surface area contributed by atoms with Crippen LogP contribution in [-0.4, -0.2) is 105 Å². The molecule has 0 aliphatic carbocycles. The second kappa shape index (κ2) is 14.9. The van der Waals surface area contributed by atoms with Gasteiger partial charge in [-0.05, 0) is 61.5 Å². The number of anilines is 1. The molecule has 0 radical (unpaired) electrons. The van der Waals surface area contributed by atoms with Crippen molar-refractivity contribution in [2.75, 3.05) is 38.6 Å². The van der Waals surface area contributed by atoms with Crippen molar-refractivity contribution in [3.05, 3.63) is 65.2 Å². The van der Waals surface area contributed by atoms with Gasteiger partial charge in [0.1, 0.15) is 6.04 Å². The van der Waals surface area contributed by atoms with Gasteiger partial charge in [0.25, 0.3) is 0 Å². The van der Waals surface area contributed by atoms with Crippen molar-refractivity contribution in [1.29, 1.82) is 0 Å². The van der Waals surface area contributed by atoms with Crippen LogP contribution in [0.25, 0.3) is 0 Å². The van der Waals surface area contributed by atoms with E-state index in [2.05, 4.69) is 36.1 Å². The van der Waals surface area contributed by atoms with Gasteiger partial charge in [-0.15, -0.1) is 0 Å². The second-order valence-electron chi connectivity index (χ2n) is 11.5. The molecule has 0 spiro atoms. The molecule has 4 N–H and O–H groups in total. The highest BCUT2D eigenvalue weighted by atomic mass is 16.4. The number of amides is 2. The number of carbonyl (C=O) groups excluding carboxylic acids is 2. The number of carbonyl (C=O) groups is 5. The quantitative estimate of drug-likeness (QED) is 0.312. The molecule has 238 valence electrons. The van der Waals surface area contributed by atoms with Gasteiger partial charge in [0, 0.05) is 39.2 Å². The van der Waals surface area contributed by atoms with E-state index in [1.54, 1.807) is 23.9 Å². The normalized spacial score (nSPS) is 16.8. The summed E-state index contributed by atoms with van der Waals surface area (Å²) < 4.78 is 0. The molecule has 0 bridgehead atoms. The molecular formula is C32H41N3O9.